The van der Waals surface area contributed by atoms with E-state index in [1.54, 1.807) is 0 Å². The Bertz CT molecular complexity index is 830. The molecule has 1 unspecified atom stereocenters. The highest BCUT2D eigenvalue weighted by Gasteiger charge is 2.24. The molecule has 0 spiro atoms. The third-order valence-corrected chi connectivity index (χ3v) is 5.64. The fraction of sp³-hybridized carbons (Fsp3) is 0.312. The fourth-order valence-electron chi connectivity index (χ4n) is 2.78. The molecule has 0 aromatic heterocycles. The highest BCUT2D eigenvalue weighted by Crippen LogP contribution is 2.35. The van der Waals surface area contributed by atoms with E-state index in [2.05, 4.69) is 11.4 Å². The number of amides is 1. The zero-order chi connectivity index (χ0) is 15.2. The van der Waals surface area contributed by atoms with Crippen LogP contribution in [-0.2, 0) is 27.5 Å². The average Bonchev–Trinajstić information content (AvgIpc) is 2.85. The van der Waals surface area contributed by atoms with E-state index in [0.717, 1.165) is 24.5 Å². The number of hydrogen-bond acceptors (Lipinski definition) is 3. The molecular formula is C16H17NO3S. The lowest BCUT2D eigenvalue weighted by Gasteiger charge is -2.13. The van der Waals surface area contributed by atoms with Crippen molar-refractivity contribution < 1.29 is 13.2 Å². The van der Waals surface area contributed by atoms with Crippen LogP contribution in [-0.4, -0.2) is 25.8 Å². The molecule has 0 radical (unpaired) electrons. The van der Waals surface area contributed by atoms with Crippen molar-refractivity contribution >= 4 is 32.2 Å². The monoisotopic (exact) mass is 303 g/mol. The van der Waals surface area contributed by atoms with E-state index in [1.165, 1.54) is 23.4 Å². The maximum atomic E-state index is 12.1. The minimum atomic E-state index is -3.39. The largest absolute Gasteiger partial charge is 0.324 e. The number of rotatable bonds is 3. The van der Waals surface area contributed by atoms with Crippen molar-refractivity contribution in [1.82, 2.24) is 0 Å². The van der Waals surface area contributed by atoms with Crippen LogP contribution in [0.3, 0.4) is 0 Å². The Morgan fingerprint density at radius 1 is 1.14 bits per heavy atom. The van der Waals surface area contributed by atoms with Crippen LogP contribution in [0.15, 0.2) is 30.3 Å². The van der Waals surface area contributed by atoms with Crippen LogP contribution >= 0.6 is 0 Å². The van der Waals surface area contributed by atoms with Crippen LogP contribution in [0.2, 0.25) is 0 Å². The number of carbonyl (C=O) groups excluding carboxylic acids is 1. The van der Waals surface area contributed by atoms with E-state index in [1.807, 2.05) is 24.3 Å². The summed E-state index contributed by atoms with van der Waals surface area (Å²) in [4.78, 5) is 12.1. The lowest BCUT2D eigenvalue weighted by atomic mass is 10.0. The van der Waals surface area contributed by atoms with Gasteiger partial charge in [-0.25, -0.2) is 8.42 Å². The molecular weight excluding hydrogens is 286 g/mol. The summed E-state index contributed by atoms with van der Waals surface area (Å²) in [6.07, 6.45) is 3.11. The highest BCUT2D eigenvalue weighted by molar-refractivity contribution is 7.92. The topological polar surface area (TPSA) is 63.2 Å². The van der Waals surface area contributed by atoms with Gasteiger partial charge in [-0.2, -0.15) is 0 Å². The Hall–Kier alpha value is -1.88. The number of carbonyl (C=O) groups is 1. The van der Waals surface area contributed by atoms with Gasteiger partial charge in [-0.1, -0.05) is 24.3 Å². The summed E-state index contributed by atoms with van der Waals surface area (Å²) >= 11 is 0. The second-order valence-corrected chi connectivity index (χ2v) is 7.94. The fourth-order valence-corrected chi connectivity index (χ4v) is 3.23. The molecule has 2 aromatic rings. The van der Waals surface area contributed by atoms with Gasteiger partial charge < -0.3 is 5.32 Å². The highest BCUT2D eigenvalue weighted by atomic mass is 32.2. The third kappa shape index (κ3) is 2.42. The van der Waals surface area contributed by atoms with Crippen molar-refractivity contribution in [2.24, 2.45) is 0 Å². The molecule has 5 heteroatoms. The van der Waals surface area contributed by atoms with Gasteiger partial charge in [0.05, 0.1) is 0 Å². The van der Waals surface area contributed by atoms with Crippen LogP contribution in [0.1, 0.15) is 18.1 Å². The molecule has 0 saturated carbocycles. The number of anilines is 1. The van der Waals surface area contributed by atoms with Gasteiger partial charge in [0, 0.05) is 17.3 Å². The minimum Gasteiger partial charge on any atom is -0.324 e. The van der Waals surface area contributed by atoms with Crippen LogP contribution in [0.25, 0.3) is 10.8 Å². The molecule has 0 fully saturated rings. The van der Waals surface area contributed by atoms with E-state index in [-0.39, 0.29) is 0 Å². The smallest absolute Gasteiger partial charge is 0.242 e. The zero-order valence-corrected chi connectivity index (χ0v) is 12.8. The first-order valence-corrected chi connectivity index (χ1v) is 8.86. The average molecular weight is 303 g/mol. The van der Waals surface area contributed by atoms with Crippen molar-refractivity contribution in [3.05, 3.63) is 41.5 Å². The van der Waals surface area contributed by atoms with Crippen LogP contribution in [0.4, 0.5) is 5.69 Å². The first-order chi connectivity index (χ1) is 9.88. The molecule has 21 heavy (non-hydrogen) atoms. The SMILES string of the molecule is CC(C(=O)Nc1ccc2c3c(cccc13)CC2)S(C)(=O)=O. The van der Waals surface area contributed by atoms with Gasteiger partial charge in [0.25, 0.3) is 0 Å². The predicted molar refractivity (Wildman–Crippen MR) is 84.3 cm³/mol. The maximum Gasteiger partial charge on any atom is 0.242 e. The van der Waals surface area contributed by atoms with Crippen molar-refractivity contribution in [3.8, 4) is 0 Å². The Morgan fingerprint density at radius 3 is 2.48 bits per heavy atom. The zero-order valence-electron chi connectivity index (χ0n) is 12.0. The Kier molecular flexibility index (Phi) is 3.24. The summed E-state index contributed by atoms with van der Waals surface area (Å²) in [6.45, 7) is 1.41. The van der Waals surface area contributed by atoms with Crippen molar-refractivity contribution in [3.63, 3.8) is 0 Å². The molecule has 1 amide bonds. The van der Waals surface area contributed by atoms with Gasteiger partial charge in [0.1, 0.15) is 5.25 Å². The van der Waals surface area contributed by atoms with Crippen LogP contribution in [0, 0.1) is 0 Å². The second-order valence-electron chi connectivity index (χ2n) is 5.57. The molecule has 0 aliphatic heterocycles. The number of sulfone groups is 1. The lowest BCUT2D eigenvalue weighted by Crippen LogP contribution is -2.31. The summed E-state index contributed by atoms with van der Waals surface area (Å²) in [7, 11) is -3.39. The summed E-state index contributed by atoms with van der Waals surface area (Å²) in [5.41, 5.74) is 3.25. The number of benzene rings is 2. The van der Waals surface area contributed by atoms with Crippen LogP contribution < -0.4 is 5.32 Å². The van der Waals surface area contributed by atoms with E-state index < -0.39 is 21.0 Å². The second kappa shape index (κ2) is 4.84. The maximum absolute atomic E-state index is 12.1. The Labute approximate surface area is 124 Å². The molecule has 0 saturated heterocycles. The summed E-state index contributed by atoms with van der Waals surface area (Å²) in [5, 5.41) is 3.88. The molecule has 2 aromatic carbocycles. The van der Waals surface area contributed by atoms with Gasteiger partial charge in [-0.05, 0) is 42.3 Å². The quantitative estimate of drug-likeness (QED) is 0.946. The molecule has 3 rings (SSSR count). The molecule has 110 valence electrons. The van der Waals surface area contributed by atoms with E-state index in [0.29, 0.717) is 5.69 Å². The van der Waals surface area contributed by atoms with Crippen molar-refractivity contribution in [2.45, 2.75) is 25.0 Å². The minimum absolute atomic E-state index is 0.490. The normalized spacial score (nSPS) is 15.1. The van der Waals surface area contributed by atoms with E-state index >= 15 is 0 Å². The first-order valence-electron chi connectivity index (χ1n) is 6.91. The summed E-state index contributed by atoms with van der Waals surface area (Å²) in [5.74, 6) is -0.490. The predicted octanol–water partition coefficient (Wildman–Crippen LogP) is 2.31. The lowest BCUT2D eigenvalue weighted by molar-refractivity contribution is -0.115. The molecule has 1 N–H and O–H groups in total. The van der Waals surface area contributed by atoms with Crippen molar-refractivity contribution in [2.75, 3.05) is 11.6 Å². The molecule has 1 aliphatic rings. The van der Waals surface area contributed by atoms with Gasteiger partial charge >= 0.3 is 0 Å². The van der Waals surface area contributed by atoms with E-state index in [4.69, 9.17) is 0 Å². The number of nitrogens with one attached hydrogen (secondary N) is 1. The summed E-state index contributed by atoms with van der Waals surface area (Å²) in [6, 6.07) is 9.92. The van der Waals surface area contributed by atoms with Crippen LogP contribution in [0.5, 0.6) is 0 Å². The Morgan fingerprint density at radius 2 is 1.81 bits per heavy atom. The molecule has 0 bridgehead atoms. The Balaban J connectivity index is 2.02. The molecule has 0 heterocycles. The standard InChI is InChI=1S/C16H17NO3S/c1-10(21(2,19)20)16(18)17-14-9-8-12-7-6-11-4-3-5-13(14)15(11)12/h3-5,8-10H,6-7H2,1-2H3,(H,17,18). The third-order valence-electron chi connectivity index (χ3n) is 4.15. The first kappa shape index (κ1) is 14.1. The number of aryl methyl sites for hydroxylation is 2. The number of hydrogen-bond donors (Lipinski definition) is 1. The van der Waals surface area contributed by atoms with Gasteiger partial charge in [-0.3, -0.25) is 4.79 Å². The van der Waals surface area contributed by atoms with Gasteiger partial charge in [-0.15, -0.1) is 0 Å². The molecule has 1 aliphatic carbocycles. The molecule has 1 atom stereocenters. The van der Waals surface area contributed by atoms with Gasteiger partial charge in [0.15, 0.2) is 9.84 Å². The van der Waals surface area contributed by atoms with Crippen molar-refractivity contribution in [1.29, 1.82) is 0 Å². The van der Waals surface area contributed by atoms with Gasteiger partial charge in [0.2, 0.25) is 5.91 Å². The summed E-state index contributed by atoms with van der Waals surface area (Å²) < 4.78 is 23.0. The van der Waals surface area contributed by atoms with E-state index in [9.17, 15) is 13.2 Å². The molecule has 4 nitrogen and oxygen atoms in total.